The summed E-state index contributed by atoms with van der Waals surface area (Å²) < 4.78 is 39.9. The lowest BCUT2D eigenvalue weighted by atomic mass is 10.1. The summed E-state index contributed by atoms with van der Waals surface area (Å²) in [5.41, 5.74) is 1.50. The van der Waals surface area contributed by atoms with Crippen molar-refractivity contribution < 1.29 is 18.0 Å². The van der Waals surface area contributed by atoms with Crippen molar-refractivity contribution in [2.24, 2.45) is 4.99 Å². The molecule has 1 N–H and O–H groups in total. The Kier molecular flexibility index (Phi) is 4.41. The van der Waals surface area contributed by atoms with Crippen LogP contribution >= 0.6 is 11.8 Å². The van der Waals surface area contributed by atoms with Gasteiger partial charge in [-0.15, -0.1) is 0 Å². The molecule has 0 spiro atoms. The number of rotatable bonds is 2. The predicted octanol–water partition coefficient (Wildman–Crippen LogP) is 5.18. The number of thioether (sulfide) groups is 1. The van der Waals surface area contributed by atoms with Crippen molar-refractivity contribution in [3.05, 3.63) is 76.6 Å². The summed E-state index contributed by atoms with van der Waals surface area (Å²) in [4.78, 5) is 20.5. The second kappa shape index (κ2) is 6.88. The maximum absolute atomic E-state index is 13.4. The van der Waals surface area contributed by atoms with Crippen molar-refractivity contribution in [1.29, 1.82) is 0 Å². The molecule has 8 heteroatoms. The second-order valence-electron chi connectivity index (χ2n) is 5.66. The minimum Gasteiger partial charge on any atom is -0.300 e. The lowest BCUT2D eigenvalue weighted by molar-refractivity contribution is 0.265. The van der Waals surface area contributed by atoms with Crippen LogP contribution in [0.15, 0.2) is 58.6 Å². The first-order valence-corrected chi connectivity index (χ1v) is 8.60. The molecule has 2 heterocycles. The first-order chi connectivity index (χ1) is 13.0. The van der Waals surface area contributed by atoms with Gasteiger partial charge in [0.25, 0.3) is 5.24 Å². The van der Waals surface area contributed by atoms with Crippen molar-refractivity contribution in [2.45, 2.75) is 0 Å². The molecule has 1 aliphatic rings. The Bertz CT molecular complexity index is 1120. The van der Waals surface area contributed by atoms with Crippen molar-refractivity contribution in [2.75, 3.05) is 0 Å². The molecule has 0 aliphatic carbocycles. The van der Waals surface area contributed by atoms with Gasteiger partial charge in [-0.25, -0.2) is 18.2 Å². The largest absolute Gasteiger partial charge is 0.300 e. The van der Waals surface area contributed by atoms with Crippen LogP contribution in [-0.4, -0.2) is 16.1 Å². The third kappa shape index (κ3) is 3.56. The van der Waals surface area contributed by atoms with Crippen LogP contribution in [0.5, 0.6) is 0 Å². The van der Waals surface area contributed by atoms with Gasteiger partial charge in [-0.3, -0.25) is 9.78 Å². The molecule has 4 rings (SSSR count). The molecule has 134 valence electrons. The standard InChI is InChI=1S/C19H10F3N3OS/c20-13-8-12(9-14(21)17(13)22)24-18-16(27-19(26)25-18)7-10-3-4-15-11(6-10)2-1-5-23-15/h1-9H,(H,24,25,26). The molecule has 27 heavy (non-hydrogen) atoms. The molecule has 0 atom stereocenters. The van der Waals surface area contributed by atoms with Gasteiger partial charge in [0.2, 0.25) is 0 Å². The van der Waals surface area contributed by atoms with E-state index >= 15 is 0 Å². The van der Waals surface area contributed by atoms with Crippen molar-refractivity contribution in [1.82, 2.24) is 10.3 Å². The minimum atomic E-state index is -1.57. The average molecular weight is 385 g/mol. The molecule has 1 amide bonds. The quantitative estimate of drug-likeness (QED) is 0.619. The summed E-state index contributed by atoms with van der Waals surface area (Å²) in [5, 5.41) is 3.07. The van der Waals surface area contributed by atoms with Crippen LogP contribution < -0.4 is 5.32 Å². The van der Waals surface area contributed by atoms with Gasteiger partial charge in [-0.1, -0.05) is 12.1 Å². The maximum Gasteiger partial charge on any atom is 0.289 e. The van der Waals surface area contributed by atoms with Gasteiger partial charge in [-0.2, -0.15) is 0 Å². The number of hydrogen-bond donors (Lipinski definition) is 1. The summed E-state index contributed by atoms with van der Waals surface area (Å²) in [6.45, 7) is 0. The molecular formula is C19H10F3N3OS. The normalized spacial score (nSPS) is 17.1. The first kappa shape index (κ1) is 17.3. The third-order valence-electron chi connectivity index (χ3n) is 3.79. The van der Waals surface area contributed by atoms with Gasteiger partial charge < -0.3 is 5.32 Å². The van der Waals surface area contributed by atoms with E-state index in [1.165, 1.54) is 0 Å². The van der Waals surface area contributed by atoms with Crippen LogP contribution in [0.2, 0.25) is 0 Å². The maximum atomic E-state index is 13.4. The lowest BCUT2D eigenvalue weighted by Crippen LogP contribution is -2.18. The molecule has 1 fully saturated rings. The predicted molar refractivity (Wildman–Crippen MR) is 99.3 cm³/mol. The smallest absolute Gasteiger partial charge is 0.289 e. The number of pyridine rings is 1. The molecule has 2 aromatic carbocycles. The number of aliphatic imine (C=N–C) groups is 1. The van der Waals surface area contributed by atoms with Gasteiger partial charge in [0.05, 0.1) is 16.1 Å². The number of halogens is 3. The number of benzene rings is 2. The summed E-state index contributed by atoms with van der Waals surface area (Å²) in [5.74, 6) is -4.12. The van der Waals surface area contributed by atoms with E-state index in [0.717, 1.165) is 40.4 Å². The van der Waals surface area contributed by atoms with E-state index in [4.69, 9.17) is 0 Å². The second-order valence-corrected chi connectivity index (χ2v) is 6.68. The van der Waals surface area contributed by atoms with Crippen molar-refractivity contribution in [3.8, 4) is 0 Å². The van der Waals surface area contributed by atoms with Gasteiger partial charge >= 0.3 is 0 Å². The Morgan fingerprint density at radius 2 is 1.85 bits per heavy atom. The van der Waals surface area contributed by atoms with E-state index in [-0.39, 0.29) is 16.8 Å². The van der Waals surface area contributed by atoms with Crippen LogP contribution in [0.4, 0.5) is 23.7 Å². The van der Waals surface area contributed by atoms with Crippen LogP contribution in [0.1, 0.15) is 5.56 Å². The zero-order chi connectivity index (χ0) is 19.0. The molecule has 0 radical (unpaired) electrons. The summed E-state index contributed by atoms with van der Waals surface area (Å²) in [6.07, 6.45) is 3.42. The van der Waals surface area contributed by atoms with E-state index in [1.54, 1.807) is 12.3 Å². The van der Waals surface area contributed by atoms with Crippen molar-refractivity contribution in [3.63, 3.8) is 0 Å². The Balaban J connectivity index is 1.74. The number of carbonyl (C=O) groups is 1. The fourth-order valence-electron chi connectivity index (χ4n) is 2.58. The van der Waals surface area contributed by atoms with E-state index < -0.39 is 17.5 Å². The van der Waals surface area contributed by atoms with Gasteiger partial charge in [0.15, 0.2) is 17.5 Å². The minimum absolute atomic E-state index is 0.140. The van der Waals surface area contributed by atoms with Gasteiger partial charge in [0.1, 0.15) is 5.84 Å². The molecule has 1 aromatic heterocycles. The lowest BCUT2D eigenvalue weighted by Gasteiger charge is -2.03. The Morgan fingerprint density at radius 1 is 1.07 bits per heavy atom. The highest BCUT2D eigenvalue weighted by Gasteiger charge is 2.24. The average Bonchev–Trinajstić information content (AvgIpc) is 2.98. The zero-order valence-electron chi connectivity index (χ0n) is 13.5. The molecule has 0 unspecified atom stereocenters. The van der Waals surface area contributed by atoms with E-state index in [0.29, 0.717) is 4.91 Å². The Labute approximate surface area is 155 Å². The van der Waals surface area contributed by atoms with Gasteiger partial charge in [-0.05, 0) is 41.6 Å². The monoisotopic (exact) mass is 385 g/mol. The highest BCUT2D eigenvalue weighted by atomic mass is 32.2. The van der Waals surface area contributed by atoms with Crippen LogP contribution in [0, 0.1) is 17.5 Å². The van der Waals surface area contributed by atoms with E-state index in [2.05, 4.69) is 15.3 Å². The fraction of sp³-hybridized carbons (Fsp3) is 0. The molecule has 4 nitrogen and oxygen atoms in total. The van der Waals surface area contributed by atoms with Gasteiger partial charge in [0, 0.05) is 23.7 Å². The van der Waals surface area contributed by atoms with E-state index in [1.807, 2.05) is 30.3 Å². The number of nitrogens with one attached hydrogen (secondary N) is 1. The zero-order valence-corrected chi connectivity index (χ0v) is 14.4. The summed E-state index contributed by atoms with van der Waals surface area (Å²) >= 11 is 0.908. The van der Waals surface area contributed by atoms with Crippen LogP contribution in [0.25, 0.3) is 17.0 Å². The number of fused-ring (bicyclic) bond motifs is 1. The Hall–Kier alpha value is -3.13. The molecule has 0 saturated carbocycles. The number of aromatic nitrogens is 1. The Morgan fingerprint density at radius 3 is 2.63 bits per heavy atom. The first-order valence-electron chi connectivity index (χ1n) is 7.78. The number of hydrogen-bond acceptors (Lipinski definition) is 4. The third-order valence-corrected chi connectivity index (χ3v) is 4.61. The number of carbonyl (C=O) groups excluding carboxylic acids is 1. The molecular weight excluding hydrogens is 375 g/mol. The number of nitrogens with zero attached hydrogens (tertiary/aromatic N) is 2. The van der Waals surface area contributed by atoms with Crippen LogP contribution in [0.3, 0.4) is 0 Å². The molecule has 1 aliphatic heterocycles. The number of amidine groups is 1. The van der Waals surface area contributed by atoms with E-state index in [9.17, 15) is 18.0 Å². The topological polar surface area (TPSA) is 54.4 Å². The summed E-state index contributed by atoms with van der Waals surface area (Å²) in [7, 11) is 0. The van der Waals surface area contributed by atoms with Crippen molar-refractivity contribution >= 4 is 45.5 Å². The van der Waals surface area contributed by atoms with Crippen LogP contribution in [-0.2, 0) is 0 Å². The highest BCUT2D eigenvalue weighted by molar-refractivity contribution is 8.18. The molecule has 1 saturated heterocycles. The summed E-state index contributed by atoms with van der Waals surface area (Å²) in [6, 6.07) is 10.8. The number of amides is 1. The molecule has 0 bridgehead atoms. The highest BCUT2D eigenvalue weighted by Crippen LogP contribution is 2.30. The fourth-order valence-corrected chi connectivity index (χ4v) is 3.32. The molecule has 3 aromatic rings. The SMILES string of the molecule is O=C1NC(=Nc2cc(F)c(F)c(F)c2)C(=Cc2ccc3ncccc3c2)S1.